The third kappa shape index (κ3) is 5.33. The first kappa shape index (κ1) is 26.2. The first-order valence-electron chi connectivity index (χ1n) is 13.5. The lowest BCUT2D eigenvalue weighted by atomic mass is 9.97. The van der Waals surface area contributed by atoms with Gasteiger partial charge in [-0.1, -0.05) is 51.4 Å². The van der Waals surface area contributed by atoms with Gasteiger partial charge in [-0.25, -0.2) is 17.6 Å². The van der Waals surface area contributed by atoms with E-state index in [-0.39, 0.29) is 5.90 Å². The summed E-state index contributed by atoms with van der Waals surface area (Å²) in [6.07, 6.45) is 3.41. The minimum Gasteiger partial charge on any atom is -0.322 e. The van der Waals surface area contributed by atoms with E-state index in [1.165, 1.54) is 0 Å². The lowest BCUT2D eigenvalue weighted by Crippen LogP contribution is -2.41. The van der Waals surface area contributed by atoms with E-state index in [1.807, 2.05) is 0 Å². The second-order valence-corrected chi connectivity index (χ2v) is 18.5. The van der Waals surface area contributed by atoms with Crippen molar-refractivity contribution in [3.63, 3.8) is 0 Å². The van der Waals surface area contributed by atoms with Crippen molar-refractivity contribution in [2.45, 2.75) is 150 Å². The molecule has 8 heteroatoms. The van der Waals surface area contributed by atoms with Crippen LogP contribution in [0.3, 0.4) is 0 Å². The van der Waals surface area contributed by atoms with Crippen LogP contribution in [0, 0.1) is 0 Å². The van der Waals surface area contributed by atoms with Crippen molar-refractivity contribution < 1.29 is 26.7 Å². The topological polar surface area (TPSA) is 34.1 Å². The predicted molar refractivity (Wildman–Crippen MR) is 129 cm³/mol. The highest BCUT2D eigenvalue weighted by Gasteiger charge is 2.57. The molecule has 0 saturated heterocycles. The van der Waals surface area contributed by atoms with Gasteiger partial charge in [0.2, 0.25) is 0 Å². The molecule has 4 rings (SSSR count). The largest absolute Gasteiger partial charge is 0.322 e. The van der Waals surface area contributed by atoms with Crippen molar-refractivity contribution in [2.75, 3.05) is 5.90 Å². The average Bonchev–Trinajstić information content (AvgIpc) is 2.80. The second kappa shape index (κ2) is 11.1. The minimum atomic E-state index is -3.64. The maximum Gasteiger partial charge on any atom is 0.110 e. The van der Waals surface area contributed by atoms with Crippen LogP contribution in [0.15, 0.2) is 0 Å². The van der Waals surface area contributed by atoms with Crippen molar-refractivity contribution >= 4 is 14.3 Å². The fraction of sp³-hybridized carbons (Fsp3) is 1.00. The molecule has 4 aliphatic rings. The summed E-state index contributed by atoms with van der Waals surface area (Å²) in [5.74, 6) is -0.299. The van der Waals surface area contributed by atoms with E-state index in [0.29, 0.717) is 77.0 Å². The highest BCUT2D eigenvalue weighted by molar-refractivity contribution is 7.82. The maximum atomic E-state index is 15.3. The van der Waals surface area contributed by atoms with Gasteiger partial charge in [0.15, 0.2) is 0 Å². The number of hydrogen-bond acceptors (Lipinski definition) is 2. The van der Waals surface area contributed by atoms with Crippen LogP contribution >= 0.6 is 14.3 Å². The molecule has 0 aromatic rings. The summed E-state index contributed by atoms with van der Waals surface area (Å²) in [6, 6.07) is 0. The Hall–Kier alpha value is 0.180. The van der Waals surface area contributed by atoms with Crippen molar-refractivity contribution in [1.82, 2.24) is 0 Å². The Morgan fingerprint density at radius 2 is 0.636 bits per heavy atom. The second-order valence-electron chi connectivity index (χ2n) is 11.3. The van der Waals surface area contributed by atoms with Crippen LogP contribution in [-0.2, 0) is 9.13 Å². The summed E-state index contributed by atoms with van der Waals surface area (Å²) in [7, 11) is -7.27. The van der Waals surface area contributed by atoms with E-state index >= 15 is 17.6 Å². The molecular weight excluding hydrogens is 470 g/mol. The number of halogens is 4. The Morgan fingerprint density at radius 3 is 0.848 bits per heavy atom. The van der Waals surface area contributed by atoms with Gasteiger partial charge < -0.3 is 9.13 Å². The standard InChI is InChI=1S/C25H42F4O2P2/c26-18-9-1-5-13-22(18)32(30,23-14-6-2-10-19(23)27)17-33(31,24-15-7-3-11-20(24)28)25-16-8-4-12-21(25)29/h18-25H,1-17H2. The quantitative estimate of drug-likeness (QED) is 0.263. The van der Waals surface area contributed by atoms with Crippen LogP contribution in [-0.4, -0.2) is 53.2 Å². The molecule has 0 aromatic heterocycles. The molecule has 4 aliphatic carbocycles. The van der Waals surface area contributed by atoms with Gasteiger partial charge in [0, 0.05) is 22.6 Å². The Bertz CT molecular complexity index is 638. The summed E-state index contributed by atoms with van der Waals surface area (Å²) in [5, 5.41) is 0. The van der Waals surface area contributed by atoms with Gasteiger partial charge in [0.05, 0.1) is 5.90 Å². The van der Waals surface area contributed by atoms with E-state index < -0.39 is 61.6 Å². The summed E-state index contributed by atoms with van der Waals surface area (Å²) < 4.78 is 91.1. The summed E-state index contributed by atoms with van der Waals surface area (Å²) in [5.41, 5.74) is -3.21. The van der Waals surface area contributed by atoms with Crippen molar-refractivity contribution in [3.05, 3.63) is 0 Å². The third-order valence-electron chi connectivity index (χ3n) is 9.28. The van der Waals surface area contributed by atoms with Crippen molar-refractivity contribution in [3.8, 4) is 0 Å². The molecule has 8 atom stereocenters. The van der Waals surface area contributed by atoms with Crippen molar-refractivity contribution in [2.24, 2.45) is 0 Å². The van der Waals surface area contributed by atoms with Crippen LogP contribution in [0.4, 0.5) is 17.6 Å². The lowest BCUT2D eigenvalue weighted by Gasteiger charge is -2.47. The van der Waals surface area contributed by atoms with Crippen LogP contribution in [0.2, 0.25) is 0 Å². The molecule has 33 heavy (non-hydrogen) atoms. The van der Waals surface area contributed by atoms with Crippen LogP contribution in [0.5, 0.6) is 0 Å². The van der Waals surface area contributed by atoms with Gasteiger partial charge in [-0.15, -0.1) is 0 Å². The van der Waals surface area contributed by atoms with Gasteiger partial charge in [0.1, 0.15) is 39.0 Å². The number of hydrogen-bond donors (Lipinski definition) is 0. The van der Waals surface area contributed by atoms with Gasteiger partial charge in [-0.3, -0.25) is 0 Å². The van der Waals surface area contributed by atoms with E-state index in [1.54, 1.807) is 0 Å². The molecule has 4 fully saturated rings. The molecule has 0 amide bonds. The van der Waals surface area contributed by atoms with Gasteiger partial charge >= 0.3 is 0 Å². The molecular formula is C25H42F4O2P2. The van der Waals surface area contributed by atoms with Crippen LogP contribution in [0.25, 0.3) is 0 Å². The third-order valence-corrected chi connectivity index (χ3v) is 19.6. The molecule has 2 nitrogen and oxygen atoms in total. The van der Waals surface area contributed by atoms with E-state index in [2.05, 4.69) is 0 Å². The van der Waals surface area contributed by atoms with Gasteiger partial charge in [-0.2, -0.15) is 0 Å². The molecule has 0 heterocycles. The Labute approximate surface area is 197 Å². The Kier molecular flexibility index (Phi) is 8.80. The molecule has 192 valence electrons. The minimum absolute atomic E-state index is 0.299. The highest BCUT2D eigenvalue weighted by atomic mass is 31.2. The fourth-order valence-electron chi connectivity index (χ4n) is 7.49. The average molecular weight is 513 g/mol. The maximum absolute atomic E-state index is 15.3. The molecule has 0 N–H and O–H groups in total. The zero-order valence-electron chi connectivity index (χ0n) is 19.9. The Morgan fingerprint density at radius 1 is 0.424 bits per heavy atom. The Balaban J connectivity index is 1.76. The molecule has 0 spiro atoms. The first-order valence-corrected chi connectivity index (χ1v) is 17.6. The molecule has 0 bridgehead atoms. The highest BCUT2D eigenvalue weighted by Crippen LogP contribution is 2.76. The normalized spacial score (nSPS) is 44.5. The SMILES string of the molecule is O=P(CP(=O)(C1CCCCC1F)C1CCCCC1F)(C1CCCCC1F)C1CCCCC1F. The van der Waals surface area contributed by atoms with E-state index in [9.17, 15) is 9.13 Å². The van der Waals surface area contributed by atoms with Gasteiger partial charge in [0.25, 0.3) is 0 Å². The molecule has 4 saturated carbocycles. The van der Waals surface area contributed by atoms with Crippen LogP contribution < -0.4 is 0 Å². The zero-order chi connectivity index (χ0) is 23.6. The summed E-state index contributed by atoms with van der Waals surface area (Å²) >= 11 is 0. The summed E-state index contributed by atoms with van der Waals surface area (Å²) in [6.45, 7) is 0. The molecule has 8 unspecified atom stereocenters. The monoisotopic (exact) mass is 512 g/mol. The lowest BCUT2D eigenvalue weighted by molar-refractivity contribution is 0.229. The van der Waals surface area contributed by atoms with Crippen LogP contribution in [0.1, 0.15) is 103 Å². The van der Waals surface area contributed by atoms with Crippen molar-refractivity contribution in [1.29, 1.82) is 0 Å². The zero-order valence-corrected chi connectivity index (χ0v) is 21.7. The predicted octanol–water partition coefficient (Wildman–Crippen LogP) is 8.79. The number of alkyl halides is 4. The smallest absolute Gasteiger partial charge is 0.110 e. The molecule has 0 aromatic carbocycles. The molecule has 0 aliphatic heterocycles. The number of rotatable bonds is 6. The molecule has 0 radical (unpaired) electrons. The van der Waals surface area contributed by atoms with E-state index in [4.69, 9.17) is 0 Å². The van der Waals surface area contributed by atoms with Gasteiger partial charge in [-0.05, 0) is 51.4 Å². The summed E-state index contributed by atoms with van der Waals surface area (Å²) in [4.78, 5) is 0. The van der Waals surface area contributed by atoms with E-state index in [0.717, 1.165) is 25.7 Å². The first-order chi connectivity index (χ1) is 15.8. The fourth-order valence-corrected chi connectivity index (χ4v) is 19.9.